The number of anilines is 1. The molecule has 8 heteroatoms. The number of hydrogen-bond donors (Lipinski definition) is 1. The molecule has 7 nitrogen and oxygen atoms in total. The van der Waals surface area contributed by atoms with Crippen LogP contribution < -0.4 is 5.32 Å². The third-order valence-corrected chi connectivity index (χ3v) is 3.83. The van der Waals surface area contributed by atoms with Crippen molar-refractivity contribution in [1.29, 1.82) is 0 Å². The Hall–Kier alpha value is -3.29. The summed E-state index contributed by atoms with van der Waals surface area (Å²) in [4.78, 5) is 24.4. The number of ether oxygens (including phenoxy) is 1. The van der Waals surface area contributed by atoms with Gasteiger partial charge in [0.2, 0.25) is 0 Å². The number of rotatable bonds is 5. The largest absolute Gasteiger partial charge is 0.449 e. The van der Waals surface area contributed by atoms with Gasteiger partial charge < -0.3 is 10.1 Å². The zero-order chi connectivity index (χ0) is 18.7. The summed E-state index contributed by atoms with van der Waals surface area (Å²) < 4.78 is 20.5. The lowest BCUT2D eigenvalue weighted by Crippen LogP contribution is -2.30. The second-order valence-corrected chi connectivity index (χ2v) is 5.63. The van der Waals surface area contributed by atoms with Crippen LogP contribution in [0, 0.1) is 5.82 Å². The molecule has 2 aromatic carbocycles. The fraction of sp³-hybridized carbons (Fsp3) is 0.222. The van der Waals surface area contributed by atoms with Crippen LogP contribution >= 0.6 is 0 Å². The molecule has 1 N–H and O–H groups in total. The number of hydrogen-bond acceptors (Lipinski definition) is 5. The summed E-state index contributed by atoms with van der Waals surface area (Å²) in [7, 11) is 0. The van der Waals surface area contributed by atoms with Crippen molar-refractivity contribution in [3.05, 3.63) is 53.8 Å². The van der Waals surface area contributed by atoms with Crippen molar-refractivity contribution in [2.45, 2.75) is 26.5 Å². The van der Waals surface area contributed by atoms with Crippen molar-refractivity contribution in [1.82, 2.24) is 15.0 Å². The van der Waals surface area contributed by atoms with Gasteiger partial charge in [-0.2, -0.15) is 0 Å². The van der Waals surface area contributed by atoms with E-state index in [4.69, 9.17) is 4.74 Å². The first kappa shape index (κ1) is 17.5. The van der Waals surface area contributed by atoms with Crippen LogP contribution in [0.15, 0.2) is 42.5 Å². The van der Waals surface area contributed by atoms with Crippen molar-refractivity contribution in [3.63, 3.8) is 0 Å². The zero-order valence-electron chi connectivity index (χ0n) is 14.3. The lowest BCUT2D eigenvalue weighted by molar-refractivity contribution is -0.123. The molecule has 1 atom stereocenters. The van der Waals surface area contributed by atoms with E-state index >= 15 is 0 Å². The Bertz CT molecular complexity index is 970. The summed E-state index contributed by atoms with van der Waals surface area (Å²) in [6.45, 7) is 4.01. The summed E-state index contributed by atoms with van der Waals surface area (Å²) >= 11 is 0. The second kappa shape index (κ2) is 7.30. The van der Waals surface area contributed by atoms with Crippen LogP contribution in [0.3, 0.4) is 0 Å². The van der Waals surface area contributed by atoms with E-state index in [1.165, 1.54) is 25.1 Å². The molecule has 0 saturated carbocycles. The molecule has 0 aliphatic heterocycles. The zero-order valence-corrected chi connectivity index (χ0v) is 14.3. The van der Waals surface area contributed by atoms with Gasteiger partial charge in [0.1, 0.15) is 11.3 Å². The van der Waals surface area contributed by atoms with Gasteiger partial charge in [-0.05, 0) is 44.2 Å². The molecule has 0 radical (unpaired) electrons. The number of esters is 1. The van der Waals surface area contributed by atoms with Gasteiger partial charge in [0.05, 0.1) is 16.8 Å². The summed E-state index contributed by atoms with van der Waals surface area (Å²) in [5.74, 6) is -1.86. The monoisotopic (exact) mass is 356 g/mol. The molecule has 0 aliphatic rings. The summed E-state index contributed by atoms with van der Waals surface area (Å²) in [5, 5.41) is 10.4. The highest BCUT2D eigenvalue weighted by Crippen LogP contribution is 2.16. The average molecular weight is 356 g/mol. The Balaban J connectivity index is 1.68. The van der Waals surface area contributed by atoms with Gasteiger partial charge >= 0.3 is 5.97 Å². The molecule has 0 spiro atoms. The first-order valence-electron chi connectivity index (χ1n) is 8.09. The number of amides is 1. The molecule has 0 saturated heterocycles. The van der Waals surface area contributed by atoms with Crippen LogP contribution in [0.5, 0.6) is 0 Å². The van der Waals surface area contributed by atoms with Gasteiger partial charge in [-0.3, -0.25) is 4.79 Å². The number of carbonyl (C=O) groups excluding carboxylic acids is 2. The minimum atomic E-state index is -1.09. The molecule has 3 rings (SSSR count). The molecule has 26 heavy (non-hydrogen) atoms. The summed E-state index contributed by atoms with van der Waals surface area (Å²) in [6, 6.07) is 10.6. The molecule has 3 aromatic rings. The minimum absolute atomic E-state index is 0.0259. The normalized spacial score (nSPS) is 12.0. The Kier molecular flexibility index (Phi) is 4.92. The van der Waals surface area contributed by atoms with E-state index in [0.717, 1.165) is 5.52 Å². The molecule has 1 aromatic heterocycles. The van der Waals surface area contributed by atoms with Crippen LogP contribution in [0.25, 0.3) is 11.0 Å². The molecule has 1 heterocycles. The number of benzene rings is 2. The average Bonchev–Trinajstić information content (AvgIpc) is 3.05. The van der Waals surface area contributed by atoms with E-state index < -0.39 is 23.8 Å². The van der Waals surface area contributed by atoms with Gasteiger partial charge in [-0.15, -0.1) is 5.10 Å². The van der Waals surface area contributed by atoms with E-state index in [-0.39, 0.29) is 11.3 Å². The SMILES string of the molecule is CCn1nnc2cc(C(=O)O[C@@H](C)C(=O)Nc3ccccc3F)ccc21. The van der Waals surface area contributed by atoms with Gasteiger partial charge in [0.15, 0.2) is 6.10 Å². The molecule has 0 bridgehead atoms. The predicted molar refractivity (Wildman–Crippen MR) is 93.1 cm³/mol. The Morgan fingerprint density at radius 3 is 2.77 bits per heavy atom. The van der Waals surface area contributed by atoms with Gasteiger partial charge in [0.25, 0.3) is 5.91 Å². The molecular weight excluding hydrogens is 339 g/mol. The lowest BCUT2D eigenvalue weighted by atomic mass is 10.2. The van der Waals surface area contributed by atoms with Crippen LogP contribution in [0.1, 0.15) is 24.2 Å². The maximum atomic E-state index is 13.6. The third kappa shape index (κ3) is 3.53. The number of para-hydroxylation sites is 1. The minimum Gasteiger partial charge on any atom is -0.449 e. The molecule has 0 fully saturated rings. The Morgan fingerprint density at radius 2 is 2.04 bits per heavy atom. The third-order valence-electron chi connectivity index (χ3n) is 3.83. The molecule has 0 aliphatic carbocycles. The smallest absolute Gasteiger partial charge is 0.338 e. The fourth-order valence-corrected chi connectivity index (χ4v) is 2.41. The number of aromatic nitrogens is 3. The maximum Gasteiger partial charge on any atom is 0.338 e. The van der Waals surface area contributed by atoms with Gasteiger partial charge in [-0.1, -0.05) is 17.3 Å². The number of carbonyl (C=O) groups is 2. The van der Waals surface area contributed by atoms with E-state index in [1.54, 1.807) is 28.9 Å². The summed E-state index contributed by atoms with van der Waals surface area (Å²) in [6.07, 6.45) is -1.09. The van der Waals surface area contributed by atoms with Crippen molar-refractivity contribution >= 4 is 28.6 Å². The molecular formula is C18H17FN4O3. The van der Waals surface area contributed by atoms with Crippen molar-refractivity contribution in [3.8, 4) is 0 Å². The molecule has 1 amide bonds. The Labute approximate surface area is 148 Å². The first-order chi connectivity index (χ1) is 12.5. The van der Waals surface area contributed by atoms with Gasteiger partial charge in [0, 0.05) is 6.54 Å². The van der Waals surface area contributed by atoms with Gasteiger partial charge in [-0.25, -0.2) is 13.9 Å². The topological polar surface area (TPSA) is 86.1 Å². The highest BCUT2D eigenvalue weighted by Gasteiger charge is 2.20. The van der Waals surface area contributed by atoms with E-state index in [1.807, 2.05) is 6.92 Å². The summed E-state index contributed by atoms with van der Waals surface area (Å²) in [5.41, 5.74) is 1.64. The Morgan fingerprint density at radius 1 is 1.27 bits per heavy atom. The quantitative estimate of drug-likeness (QED) is 0.711. The first-order valence-corrected chi connectivity index (χ1v) is 8.09. The van der Waals surface area contributed by atoms with Crippen molar-refractivity contribution in [2.75, 3.05) is 5.32 Å². The number of halogens is 1. The standard InChI is InChI=1S/C18H17FN4O3/c1-3-23-16-9-8-12(10-15(16)21-22-23)18(25)26-11(2)17(24)20-14-7-5-4-6-13(14)19/h4-11H,3H2,1-2H3,(H,20,24)/t11-/m0/s1. The maximum absolute atomic E-state index is 13.6. The highest BCUT2D eigenvalue weighted by molar-refractivity contribution is 5.98. The predicted octanol–water partition coefficient (Wildman–Crippen LogP) is 2.77. The molecule has 0 unspecified atom stereocenters. The van der Waals surface area contributed by atoms with Crippen molar-refractivity contribution in [2.24, 2.45) is 0 Å². The highest BCUT2D eigenvalue weighted by atomic mass is 19.1. The lowest BCUT2D eigenvalue weighted by Gasteiger charge is -2.14. The van der Waals surface area contributed by atoms with Crippen LogP contribution in [-0.2, 0) is 16.1 Å². The number of aryl methyl sites for hydroxylation is 1. The second-order valence-electron chi connectivity index (χ2n) is 5.63. The number of nitrogens with one attached hydrogen (secondary N) is 1. The van der Waals surface area contributed by atoms with Crippen molar-refractivity contribution < 1.29 is 18.7 Å². The molecule has 134 valence electrons. The van der Waals surface area contributed by atoms with Crippen LogP contribution in [0.2, 0.25) is 0 Å². The van der Waals surface area contributed by atoms with E-state index in [2.05, 4.69) is 15.6 Å². The number of fused-ring (bicyclic) bond motifs is 1. The van der Waals surface area contributed by atoms with Crippen LogP contribution in [0.4, 0.5) is 10.1 Å². The number of nitrogens with zero attached hydrogens (tertiary/aromatic N) is 3. The van der Waals surface area contributed by atoms with E-state index in [0.29, 0.717) is 12.1 Å². The van der Waals surface area contributed by atoms with Crippen LogP contribution in [-0.4, -0.2) is 33.0 Å². The fourth-order valence-electron chi connectivity index (χ4n) is 2.41. The van der Waals surface area contributed by atoms with E-state index in [9.17, 15) is 14.0 Å².